The second-order valence-corrected chi connectivity index (χ2v) is 8.32. The van der Waals surface area contributed by atoms with Gasteiger partial charge in [-0.3, -0.25) is 4.79 Å². The third-order valence-electron chi connectivity index (χ3n) is 7.25. The lowest BCUT2D eigenvalue weighted by Crippen LogP contribution is -2.50. The minimum Gasteiger partial charge on any atom is -0.384 e. The van der Waals surface area contributed by atoms with Crippen LogP contribution in [0.5, 0.6) is 0 Å². The minimum atomic E-state index is 0.263. The third kappa shape index (κ3) is 3.05. The van der Waals surface area contributed by atoms with Gasteiger partial charge in [0, 0.05) is 32.3 Å². The number of piperidine rings is 1. The quantitative estimate of drug-likeness (QED) is 0.846. The fourth-order valence-electron chi connectivity index (χ4n) is 6.21. The van der Waals surface area contributed by atoms with Crippen molar-refractivity contribution in [1.82, 2.24) is 10.2 Å². The minimum absolute atomic E-state index is 0.263. The molecule has 1 N–H and O–H groups in total. The Morgan fingerprint density at radius 3 is 2.65 bits per heavy atom. The Morgan fingerprint density at radius 2 is 1.87 bits per heavy atom. The summed E-state index contributed by atoms with van der Waals surface area (Å²) in [5.41, 5.74) is 0. The number of likely N-dealkylation sites (tertiary alicyclic amines) is 1. The summed E-state index contributed by atoms with van der Waals surface area (Å²) in [6.07, 6.45) is 10.2. The van der Waals surface area contributed by atoms with E-state index in [1.165, 1.54) is 32.1 Å². The molecule has 5 unspecified atom stereocenters. The van der Waals surface area contributed by atoms with E-state index in [4.69, 9.17) is 4.74 Å². The number of fused-ring (bicyclic) bond motifs is 5. The lowest BCUT2D eigenvalue weighted by Gasteiger charge is -2.38. The molecule has 4 nitrogen and oxygen atoms in total. The summed E-state index contributed by atoms with van der Waals surface area (Å²) in [7, 11) is 1.66. The number of carbonyl (C=O) groups excluding carboxylic acids is 1. The number of hydrogen-bond acceptors (Lipinski definition) is 3. The summed E-state index contributed by atoms with van der Waals surface area (Å²) in [5.74, 6) is 4.38. The van der Waals surface area contributed by atoms with Crippen molar-refractivity contribution in [3.63, 3.8) is 0 Å². The molecular formula is C19H32N2O2. The maximum atomic E-state index is 12.1. The van der Waals surface area contributed by atoms with Gasteiger partial charge in [0.05, 0.1) is 13.0 Å². The molecule has 4 fully saturated rings. The van der Waals surface area contributed by atoms with E-state index >= 15 is 0 Å². The molecule has 0 aromatic rings. The molecular weight excluding hydrogens is 288 g/mol. The highest BCUT2D eigenvalue weighted by atomic mass is 16.5. The largest absolute Gasteiger partial charge is 0.384 e. The van der Waals surface area contributed by atoms with Crippen LogP contribution in [0, 0.1) is 23.7 Å². The SMILES string of the molecule is COCCC(=O)N1CCC(NC2CC3CC2C2CCCC32)CC1. The molecule has 5 atom stereocenters. The zero-order valence-corrected chi connectivity index (χ0v) is 14.5. The topological polar surface area (TPSA) is 41.6 Å². The number of amides is 1. The normalized spacial score (nSPS) is 39.9. The molecule has 0 aromatic heterocycles. The fourth-order valence-corrected chi connectivity index (χ4v) is 6.21. The zero-order valence-electron chi connectivity index (χ0n) is 14.5. The Morgan fingerprint density at radius 1 is 1.09 bits per heavy atom. The average Bonchev–Trinajstić information content (AvgIpc) is 3.26. The predicted molar refractivity (Wildman–Crippen MR) is 90.1 cm³/mol. The molecule has 1 aliphatic heterocycles. The second kappa shape index (κ2) is 6.72. The maximum Gasteiger partial charge on any atom is 0.224 e. The monoisotopic (exact) mass is 320 g/mol. The van der Waals surface area contributed by atoms with E-state index in [9.17, 15) is 4.79 Å². The number of methoxy groups -OCH3 is 1. The van der Waals surface area contributed by atoms with Crippen molar-refractivity contribution in [2.75, 3.05) is 26.8 Å². The third-order valence-corrected chi connectivity index (χ3v) is 7.25. The Labute approximate surface area is 140 Å². The van der Waals surface area contributed by atoms with Crippen molar-refractivity contribution in [3.05, 3.63) is 0 Å². The summed E-state index contributed by atoms with van der Waals surface area (Å²) in [6.45, 7) is 2.39. The summed E-state index contributed by atoms with van der Waals surface area (Å²) in [6, 6.07) is 1.41. The Hall–Kier alpha value is -0.610. The molecule has 1 saturated heterocycles. The van der Waals surface area contributed by atoms with Crippen LogP contribution in [-0.2, 0) is 9.53 Å². The van der Waals surface area contributed by atoms with Crippen molar-refractivity contribution in [2.24, 2.45) is 23.7 Å². The van der Waals surface area contributed by atoms with E-state index in [2.05, 4.69) is 5.32 Å². The molecule has 0 aromatic carbocycles. The van der Waals surface area contributed by atoms with Gasteiger partial charge in [0.15, 0.2) is 0 Å². The van der Waals surface area contributed by atoms with E-state index in [-0.39, 0.29) is 5.91 Å². The molecule has 2 bridgehead atoms. The van der Waals surface area contributed by atoms with Crippen LogP contribution >= 0.6 is 0 Å². The molecule has 1 amide bonds. The number of nitrogens with one attached hydrogen (secondary N) is 1. The standard InChI is InChI=1S/C19H32N2O2/c1-23-10-7-19(22)21-8-5-14(6-9-21)20-18-12-13-11-17(18)16-4-2-3-15(13)16/h13-18,20H,2-12H2,1H3. The van der Waals surface area contributed by atoms with Crippen molar-refractivity contribution in [1.29, 1.82) is 0 Å². The van der Waals surface area contributed by atoms with Crippen LogP contribution in [0.1, 0.15) is 51.4 Å². The number of nitrogens with zero attached hydrogens (tertiary/aromatic N) is 1. The summed E-state index contributed by atoms with van der Waals surface area (Å²) >= 11 is 0. The van der Waals surface area contributed by atoms with Crippen LogP contribution in [0.4, 0.5) is 0 Å². The Kier molecular flexibility index (Phi) is 4.64. The first-order valence-electron chi connectivity index (χ1n) is 9.79. The first kappa shape index (κ1) is 15.9. The van der Waals surface area contributed by atoms with Gasteiger partial charge in [0.2, 0.25) is 5.91 Å². The highest BCUT2D eigenvalue weighted by Crippen LogP contribution is 2.58. The van der Waals surface area contributed by atoms with E-state index < -0.39 is 0 Å². The summed E-state index contributed by atoms with van der Waals surface area (Å²) < 4.78 is 5.02. The van der Waals surface area contributed by atoms with Crippen LogP contribution < -0.4 is 5.32 Å². The first-order chi connectivity index (χ1) is 11.3. The molecule has 23 heavy (non-hydrogen) atoms. The molecule has 1 heterocycles. The molecule has 4 aliphatic rings. The van der Waals surface area contributed by atoms with Gasteiger partial charge in [-0.2, -0.15) is 0 Å². The predicted octanol–water partition coefficient (Wildman–Crippen LogP) is 2.43. The molecule has 0 radical (unpaired) electrons. The lowest BCUT2D eigenvalue weighted by molar-refractivity contribution is -0.133. The molecule has 130 valence electrons. The van der Waals surface area contributed by atoms with Crippen molar-refractivity contribution < 1.29 is 9.53 Å². The molecule has 4 rings (SSSR count). The van der Waals surface area contributed by atoms with Crippen molar-refractivity contribution in [3.8, 4) is 0 Å². The lowest BCUT2D eigenvalue weighted by atomic mass is 9.78. The molecule has 3 aliphatic carbocycles. The molecule has 4 heteroatoms. The number of ether oxygens (including phenoxy) is 1. The number of carbonyl (C=O) groups is 1. The van der Waals surface area contributed by atoms with Crippen LogP contribution in [0.3, 0.4) is 0 Å². The van der Waals surface area contributed by atoms with Crippen LogP contribution in [0.25, 0.3) is 0 Å². The van der Waals surface area contributed by atoms with E-state index in [0.29, 0.717) is 19.1 Å². The van der Waals surface area contributed by atoms with Crippen LogP contribution in [0.2, 0.25) is 0 Å². The molecule has 0 spiro atoms. The van der Waals surface area contributed by atoms with Gasteiger partial charge >= 0.3 is 0 Å². The van der Waals surface area contributed by atoms with Crippen molar-refractivity contribution >= 4 is 5.91 Å². The average molecular weight is 320 g/mol. The first-order valence-corrected chi connectivity index (χ1v) is 9.79. The summed E-state index contributed by atoms with van der Waals surface area (Å²) in [5, 5.41) is 4.00. The smallest absolute Gasteiger partial charge is 0.224 e. The number of rotatable bonds is 5. The second-order valence-electron chi connectivity index (χ2n) is 8.32. The van der Waals surface area contributed by atoms with Crippen molar-refractivity contribution in [2.45, 2.75) is 63.5 Å². The van der Waals surface area contributed by atoms with Gasteiger partial charge < -0.3 is 15.0 Å². The van der Waals surface area contributed by atoms with Crippen LogP contribution in [-0.4, -0.2) is 49.7 Å². The highest BCUT2D eigenvalue weighted by molar-refractivity contribution is 5.76. The Bertz CT molecular complexity index is 433. The fraction of sp³-hybridized carbons (Fsp3) is 0.947. The highest BCUT2D eigenvalue weighted by Gasteiger charge is 2.53. The maximum absolute atomic E-state index is 12.1. The van der Waals surface area contributed by atoms with Gasteiger partial charge in [0.1, 0.15) is 0 Å². The summed E-state index contributed by atoms with van der Waals surface area (Å²) in [4.78, 5) is 14.1. The molecule has 3 saturated carbocycles. The van der Waals surface area contributed by atoms with Gasteiger partial charge in [0.25, 0.3) is 0 Å². The number of hydrogen-bond donors (Lipinski definition) is 1. The van der Waals surface area contributed by atoms with E-state index in [1.54, 1.807) is 7.11 Å². The van der Waals surface area contributed by atoms with Gasteiger partial charge in [-0.25, -0.2) is 0 Å². The van der Waals surface area contributed by atoms with E-state index in [0.717, 1.165) is 55.6 Å². The van der Waals surface area contributed by atoms with Gasteiger partial charge in [-0.1, -0.05) is 6.42 Å². The van der Waals surface area contributed by atoms with Gasteiger partial charge in [-0.05, 0) is 62.2 Å². The van der Waals surface area contributed by atoms with Gasteiger partial charge in [-0.15, -0.1) is 0 Å². The zero-order chi connectivity index (χ0) is 15.8. The Balaban J connectivity index is 1.24. The van der Waals surface area contributed by atoms with Crippen LogP contribution in [0.15, 0.2) is 0 Å². The van der Waals surface area contributed by atoms with E-state index in [1.807, 2.05) is 4.90 Å².